The summed E-state index contributed by atoms with van der Waals surface area (Å²) >= 11 is 0. The van der Waals surface area contributed by atoms with Crippen LogP contribution in [0.1, 0.15) is 38.8 Å². The molecule has 0 spiro atoms. The first-order chi connectivity index (χ1) is 8.59. The summed E-state index contributed by atoms with van der Waals surface area (Å²) in [5.41, 5.74) is -0.311. The number of amides is 1. The highest BCUT2D eigenvalue weighted by Crippen LogP contribution is 2.33. The number of hydrogen-bond acceptors (Lipinski definition) is 1. The molecule has 1 rings (SSSR count). The molecular formula is C14H18F3NO. The maximum atomic E-state index is 13.0. The second kappa shape index (κ2) is 5.63. The zero-order valence-electron chi connectivity index (χ0n) is 11.2. The standard InChI is InChI=1S/C14H18F3NO/c1-13(2,3)9-11(19)18-12(14(15,16)17)10-7-5-4-6-8-10/h4-8,12H,9H2,1-3H3,(H,18,19)/t12-/m1/s1. The van der Waals surface area contributed by atoms with Gasteiger partial charge in [0, 0.05) is 6.42 Å². The fourth-order valence-corrected chi connectivity index (χ4v) is 1.69. The number of rotatable bonds is 3. The van der Waals surface area contributed by atoms with Crippen molar-refractivity contribution in [3.8, 4) is 0 Å². The number of benzene rings is 1. The van der Waals surface area contributed by atoms with E-state index in [4.69, 9.17) is 0 Å². The van der Waals surface area contributed by atoms with Gasteiger partial charge >= 0.3 is 6.18 Å². The van der Waals surface area contributed by atoms with E-state index >= 15 is 0 Å². The van der Waals surface area contributed by atoms with Crippen molar-refractivity contribution >= 4 is 5.91 Å². The lowest BCUT2D eigenvalue weighted by atomic mass is 9.91. The second-order valence-corrected chi connectivity index (χ2v) is 5.69. The van der Waals surface area contributed by atoms with Gasteiger partial charge in [-0.3, -0.25) is 4.79 Å². The van der Waals surface area contributed by atoms with Crippen LogP contribution in [0.15, 0.2) is 30.3 Å². The molecule has 1 aromatic carbocycles. The van der Waals surface area contributed by atoms with Crippen molar-refractivity contribution in [3.63, 3.8) is 0 Å². The van der Waals surface area contributed by atoms with E-state index in [0.29, 0.717) is 0 Å². The van der Waals surface area contributed by atoms with Crippen LogP contribution in [0.25, 0.3) is 0 Å². The summed E-state index contributed by atoms with van der Waals surface area (Å²) in [6.45, 7) is 5.41. The molecule has 19 heavy (non-hydrogen) atoms. The van der Waals surface area contributed by atoms with Gasteiger partial charge in [-0.2, -0.15) is 13.2 Å². The average molecular weight is 273 g/mol. The molecule has 0 saturated carbocycles. The van der Waals surface area contributed by atoms with Crippen LogP contribution in [0.2, 0.25) is 0 Å². The Labute approximate surface area is 111 Å². The predicted molar refractivity (Wildman–Crippen MR) is 67.5 cm³/mol. The van der Waals surface area contributed by atoms with E-state index in [0.717, 1.165) is 0 Å². The quantitative estimate of drug-likeness (QED) is 0.890. The van der Waals surface area contributed by atoms with Crippen molar-refractivity contribution in [1.29, 1.82) is 0 Å². The predicted octanol–water partition coefficient (Wildman–Crippen LogP) is 3.84. The fraction of sp³-hybridized carbons (Fsp3) is 0.500. The van der Waals surface area contributed by atoms with Gasteiger partial charge in [0.05, 0.1) is 0 Å². The van der Waals surface area contributed by atoms with Crippen LogP contribution in [0, 0.1) is 5.41 Å². The van der Waals surface area contributed by atoms with E-state index in [-0.39, 0.29) is 17.4 Å². The van der Waals surface area contributed by atoms with Gasteiger partial charge in [0.15, 0.2) is 6.04 Å². The number of carbonyl (C=O) groups is 1. The molecule has 5 heteroatoms. The highest BCUT2D eigenvalue weighted by Gasteiger charge is 2.41. The minimum Gasteiger partial charge on any atom is -0.341 e. The lowest BCUT2D eigenvalue weighted by molar-refractivity contribution is -0.164. The van der Waals surface area contributed by atoms with Crippen LogP contribution < -0.4 is 5.32 Å². The molecule has 2 nitrogen and oxygen atoms in total. The normalized spacial score (nSPS) is 14.0. The molecular weight excluding hydrogens is 255 g/mol. The molecule has 0 radical (unpaired) electrons. The largest absolute Gasteiger partial charge is 0.412 e. The van der Waals surface area contributed by atoms with Crippen LogP contribution in [-0.4, -0.2) is 12.1 Å². The summed E-state index contributed by atoms with van der Waals surface area (Å²) in [4.78, 5) is 11.7. The molecule has 0 saturated heterocycles. The van der Waals surface area contributed by atoms with Crippen molar-refractivity contribution in [2.45, 2.75) is 39.4 Å². The Bertz CT molecular complexity index is 421. The Morgan fingerprint density at radius 1 is 1.16 bits per heavy atom. The molecule has 1 atom stereocenters. The van der Waals surface area contributed by atoms with Gasteiger partial charge < -0.3 is 5.32 Å². The van der Waals surface area contributed by atoms with Gasteiger partial charge in [-0.25, -0.2) is 0 Å². The zero-order chi connectivity index (χ0) is 14.7. The molecule has 1 N–H and O–H groups in total. The van der Waals surface area contributed by atoms with E-state index in [9.17, 15) is 18.0 Å². The SMILES string of the molecule is CC(C)(C)CC(=O)N[C@H](c1ccccc1)C(F)(F)F. The molecule has 0 bridgehead atoms. The molecule has 0 aliphatic heterocycles. The first-order valence-corrected chi connectivity index (χ1v) is 6.00. The molecule has 0 fully saturated rings. The van der Waals surface area contributed by atoms with Crippen molar-refractivity contribution in [1.82, 2.24) is 5.32 Å². The summed E-state index contributed by atoms with van der Waals surface area (Å²) in [7, 11) is 0. The summed E-state index contributed by atoms with van der Waals surface area (Å²) in [6, 6.07) is 5.43. The Morgan fingerprint density at radius 3 is 2.11 bits per heavy atom. The molecule has 0 heterocycles. The van der Waals surface area contributed by atoms with Gasteiger partial charge in [0.25, 0.3) is 0 Å². The number of hydrogen-bond donors (Lipinski definition) is 1. The highest BCUT2D eigenvalue weighted by molar-refractivity contribution is 5.77. The minimum atomic E-state index is -4.51. The number of halogens is 3. The third-order valence-electron chi connectivity index (χ3n) is 2.46. The fourth-order valence-electron chi connectivity index (χ4n) is 1.69. The maximum absolute atomic E-state index is 13.0. The number of alkyl halides is 3. The van der Waals surface area contributed by atoms with E-state index in [1.165, 1.54) is 24.3 Å². The van der Waals surface area contributed by atoms with Gasteiger partial charge in [-0.05, 0) is 11.0 Å². The topological polar surface area (TPSA) is 29.1 Å². The summed E-state index contributed by atoms with van der Waals surface area (Å²) in [6.07, 6.45) is -4.46. The first-order valence-electron chi connectivity index (χ1n) is 6.00. The summed E-state index contributed by atoms with van der Waals surface area (Å²) in [5.74, 6) is -0.598. The molecule has 0 aliphatic carbocycles. The van der Waals surface area contributed by atoms with Crippen LogP contribution in [0.5, 0.6) is 0 Å². The van der Waals surface area contributed by atoms with Gasteiger partial charge in [-0.15, -0.1) is 0 Å². The number of nitrogens with one attached hydrogen (secondary N) is 1. The van der Waals surface area contributed by atoms with Crippen LogP contribution in [0.4, 0.5) is 13.2 Å². The van der Waals surface area contributed by atoms with Gasteiger partial charge in [-0.1, -0.05) is 51.1 Å². The molecule has 1 aromatic rings. The average Bonchev–Trinajstić information content (AvgIpc) is 2.23. The monoisotopic (exact) mass is 273 g/mol. The lowest BCUT2D eigenvalue weighted by Gasteiger charge is -2.24. The zero-order valence-corrected chi connectivity index (χ0v) is 11.2. The van der Waals surface area contributed by atoms with Crippen molar-refractivity contribution < 1.29 is 18.0 Å². The third-order valence-corrected chi connectivity index (χ3v) is 2.46. The van der Waals surface area contributed by atoms with Crippen LogP contribution >= 0.6 is 0 Å². The smallest absolute Gasteiger partial charge is 0.341 e. The number of carbonyl (C=O) groups excluding carboxylic acids is 1. The molecule has 0 unspecified atom stereocenters. The van der Waals surface area contributed by atoms with E-state index in [2.05, 4.69) is 5.32 Å². The Balaban J connectivity index is 2.87. The molecule has 106 valence electrons. The Morgan fingerprint density at radius 2 is 1.68 bits per heavy atom. The van der Waals surface area contributed by atoms with Crippen LogP contribution in [-0.2, 0) is 4.79 Å². The minimum absolute atomic E-state index is 0.0391. The van der Waals surface area contributed by atoms with Crippen LogP contribution in [0.3, 0.4) is 0 Å². The van der Waals surface area contributed by atoms with Crippen molar-refractivity contribution in [2.24, 2.45) is 5.41 Å². The molecule has 0 aliphatic rings. The highest BCUT2D eigenvalue weighted by atomic mass is 19.4. The van der Waals surface area contributed by atoms with Gasteiger partial charge in [0.1, 0.15) is 0 Å². The maximum Gasteiger partial charge on any atom is 0.412 e. The molecule has 1 amide bonds. The van der Waals surface area contributed by atoms with E-state index in [1.54, 1.807) is 26.8 Å². The summed E-state index contributed by atoms with van der Waals surface area (Å²) in [5, 5.41) is 2.07. The van der Waals surface area contributed by atoms with Crippen molar-refractivity contribution in [2.75, 3.05) is 0 Å². The van der Waals surface area contributed by atoms with Gasteiger partial charge in [0.2, 0.25) is 5.91 Å². The second-order valence-electron chi connectivity index (χ2n) is 5.69. The molecule has 0 aromatic heterocycles. The third kappa shape index (κ3) is 5.32. The van der Waals surface area contributed by atoms with Crippen molar-refractivity contribution in [3.05, 3.63) is 35.9 Å². The van der Waals surface area contributed by atoms with E-state index in [1.807, 2.05) is 0 Å². The Kier molecular flexibility index (Phi) is 4.61. The Hall–Kier alpha value is -1.52. The first kappa shape index (κ1) is 15.5. The van der Waals surface area contributed by atoms with E-state index < -0.39 is 18.1 Å². The lowest BCUT2D eigenvalue weighted by Crippen LogP contribution is -2.39. The summed E-state index contributed by atoms with van der Waals surface area (Å²) < 4.78 is 39.0.